The van der Waals surface area contributed by atoms with E-state index in [1.165, 1.54) is 23.3 Å². The van der Waals surface area contributed by atoms with Gasteiger partial charge in [0.05, 0.1) is 35.8 Å². The van der Waals surface area contributed by atoms with Crippen LogP contribution in [0.1, 0.15) is 59.0 Å². The number of carboxylic acids is 1. The number of anilines is 1. The third-order valence-corrected chi connectivity index (χ3v) is 9.84. The first-order valence-corrected chi connectivity index (χ1v) is 15.3. The molecule has 3 aromatic heterocycles. The van der Waals surface area contributed by atoms with Crippen LogP contribution < -0.4 is 4.90 Å². The maximum absolute atomic E-state index is 13.2. The molecule has 5 heterocycles. The van der Waals surface area contributed by atoms with Gasteiger partial charge >= 0.3 is 5.97 Å². The zero-order chi connectivity index (χ0) is 27.5. The predicted octanol–water partition coefficient (Wildman–Crippen LogP) is 4.36. The van der Waals surface area contributed by atoms with Crippen molar-refractivity contribution >= 4 is 40.2 Å². The summed E-state index contributed by atoms with van der Waals surface area (Å²) >= 11 is 3.35. The minimum atomic E-state index is -0.772. The second kappa shape index (κ2) is 12.2. The number of carbonyl (C=O) groups is 2. The van der Waals surface area contributed by atoms with E-state index >= 15 is 0 Å². The summed E-state index contributed by atoms with van der Waals surface area (Å²) in [5, 5.41) is 11.9. The van der Waals surface area contributed by atoms with E-state index in [9.17, 15) is 9.59 Å². The molecule has 0 radical (unpaired) electrons. The van der Waals surface area contributed by atoms with Gasteiger partial charge in [0.1, 0.15) is 16.5 Å². The van der Waals surface area contributed by atoms with Gasteiger partial charge in [0.25, 0.3) is 0 Å². The standard InChI is InChI=1S/C28H36N6O3S2/c1-18-12-23(38-17-18)28-24(16-34-19(2)4-5-20(34)3)39-26(31-28)13-22(35)21-14-30-25(15-29-21)33-10-8-32(9-11-33)7-6-27(36)37/h12,14-15,17,19-20H,4-11,13,16H2,1-3H3,(H,36,37)/t19-,20-/m1/s1. The average Bonchev–Trinajstić information content (AvgIpc) is 3.62. The molecule has 2 saturated heterocycles. The van der Waals surface area contributed by atoms with E-state index in [2.05, 4.69) is 56.9 Å². The van der Waals surface area contributed by atoms with Gasteiger partial charge in [-0.1, -0.05) is 0 Å². The first kappa shape index (κ1) is 27.8. The van der Waals surface area contributed by atoms with E-state index in [0.717, 1.165) is 54.1 Å². The lowest BCUT2D eigenvalue weighted by Crippen LogP contribution is -2.47. The van der Waals surface area contributed by atoms with Crippen LogP contribution in [0.25, 0.3) is 10.6 Å². The highest BCUT2D eigenvalue weighted by atomic mass is 32.1. The number of aromatic nitrogens is 3. The number of aliphatic carboxylic acids is 1. The summed E-state index contributed by atoms with van der Waals surface area (Å²) in [4.78, 5) is 47.1. The molecule has 5 rings (SSSR count). The second-order valence-corrected chi connectivity index (χ2v) is 12.7. The number of hydrogen-bond donors (Lipinski definition) is 1. The summed E-state index contributed by atoms with van der Waals surface area (Å²) in [5.74, 6) is -0.110. The minimum absolute atomic E-state index is 0.0790. The fourth-order valence-electron chi connectivity index (χ4n) is 5.37. The Hall–Kier alpha value is -2.73. The zero-order valence-electron chi connectivity index (χ0n) is 22.8. The average molecular weight is 569 g/mol. The summed E-state index contributed by atoms with van der Waals surface area (Å²) in [7, 11) is 0. The van der Waals surface area contributed by atoms with E-state index in [1.807, 2.05) is 0 Å². The highest BCUT2D eigenvalue weighted by Crippen LogP contribution is 2.36. The van der Waals surface area contributed by atoms with Crippen LogP contribution in [0.4, 0.5) is 5.82 Å². The summed E-state index contributed by atoms with van der Waals surface area (Å²) < 4.78 is 0. The number of thiazole rings is 1. The first-order chi connectivity index (χ1) is 18.8. The van der Waals surface area contributed by atoms with E-state index in [4.69, 9.17) is 10.1 Å². The van der Waals surface area contributed by atoms with E-state index < -0.39 is 5.97 Å². The Morgan fingerprint density at radius 2 is 1.82 bits per heavy atom. The zero-order valence-corrected chi connectivity index (χ0v) is 24.4. The molecule has 0 spiro atoms. The molecule has 0 bridgehead atoms. The lowest BCUT2D eigenvalue weighted by atomic mass is 10.2. The molecule has 2 aliphatic heterocycles. The van der Waals surface area contributed by atoms with Gasteiger partial charge in [-0.15, -0.1) is 22.7 Å². The molecule has 0 unspecified atom stereocenters. The number of carbonyl (C=O) groups excluding carboxylic acids is 1. The minimum Gasteiger partial charge on any atom is -0.481 e. The van der Waals surface area contributed by atoms with Crippen LogP contribution in [0.3, 0.4) is 0 Å². The molecule has 2 aliphatic rings. The summed E-state index contributed by atoms with van der Waals surface area (Å²) in [6.45, 7) is 11.2. The molecular weight excluding hydrogens is 532 g/mol. The van der Waals surface area contributed by atoms with Crippen LogP contribution in [-0.2, 0) is 17.8 Å². The number of thiophene rings is 1. The van der Waals surface area contributed by atoms with Crippen LogP contribution in [0, 0.1) is 6.92 Å². The number of piperazine rings is 1. The van der Waals surface area contributed by atoms with E-state index in [1.54, 1.807) is 35.1 Å². The largest absolute Gasteiger partial charge is 0.481 e. The van der Waals surface area contributed by atoms with Gasteiger partial charge < -0.3 is 10.0 Å². The number of aryl methyl sites for hydroxylation is 1. The Morgan fingerprint density at radius 1 is 1.08 bits per heavy atom. The van der Waals surface area contributed by atoms with Gasteiger partial charge in [0, 0.05) is 56.2 Å². The molecule has 0 amide bonds. The Balaban J connectivity index is 1.25. The van der Waals surface area contributed by atoms with Crippen molar-refractivity contribution in [3.05, 3.63) is 45.0 Å². The van der Waals surface area contributed by atoms with Gasteiger partial charge in [-0.25, -0.2) is 15.0 Å². The number of ketones is 1. The van der Waals surface area contributed by atoms with Gasteiger partial charge in [-0.3, -0.25) is 19.4 Å². The molecule has 11 heteroatoms. The molecule has 2 fully saturated rings. The lowest BCUT2D eigenvalue weighted by Gasteiger charge is -2.34. The smallest absolute Gasteiger partial charge is 0.304 e. The van der Waals surface area contributed by atoms with Crippen LogP contribution in [0.15, 0.2) is 23.8 Å². The highest BCUT2D eigenvalue weighted by Gasteiger charge is 2.29. The van der Waals surface area contributed by atoms with Crippen LogP contribution in [-0.4, -0.2) is 86.4 Å². The van der Waals surface area contributed by atoms with Crippen LogP contribution in [0.5, 0.6) is 0 Å². The van der Waals surface area contributed by atoms with Crippen molar-refractivity contribution in [3.8, 4) is 10.6 Å². The third kappa shape index (κ3) is 6.71. The van der Waals surface area contributed by atoms with Gasteiger partial charge in [0.2, 0.25) is 0 Å². The topological polar surface area (TPSA) is 103 Å². The summed E-state index contributed by atoms with van der Waals surface area (Å²) in [6, 6.07) is 3.28. The molecule has 2 atom stereocenters. The normalized spacial score (nSPS) is 20.5. The van der Waals surface area contributed by atoms with Crippen molar-refractivity contribution in [3.63, 3.8) is 0 Å². The second-order valence-electron chi connectivity index (χ2n) is 10.6. The van der Waals surface area contributed by atoms with Crippen molar-refractivity contribution in [2.75, 3.05) is 37.6 Å². The number of Topliss-reactive ketones (excluding diaryl/α,β-unsaturated/α-hetero) is 1. The number of hydrogen-bond acceptors (Lipinski definition) is 10. The molecule has 9 nitrogen and oxygen atoms in total. The quantitative estimate of drug-likeness (QED) is 0.357. The maximum atomic E-state index is 13.2. The van der Waals surface area contributed by atoms with Crippen molar-refractivity contribution in [2.24, 2.45) is 0 Å². The number of nitrogens with zero attached hydrogens (tertiary/aromatic N) is 6. The maximum Gasteiger partial charge on any atom is 0.304 e. The molecule has 0 saturated carbocycles. The predicted molar refractivity (Wildman–Crippen MR) is 155 cm³/mol. The van der Waals surface area contributed by atoms with Gasteiger partial charge in [0.15, 0.2) is 5.78 Å². The summed E-state index contributed by atoms with van der Waals surface area (Å²) in [6.07, 6.45) is 6.04. The molecule has 0 aromatic carbocycles. The lowest BCUT2D eigenvalue weighted by molar-refractivity contribution is -0.137. The van der Waals surface area contributed by atoms with Gasteiger partial charge in [-0.2, -0.15) is 0 Å². The number of carboxylic acid groups (broad SMARTS) is 1. The highest BCUT2D eigenvalue weighted by molar-refractivity contribution is 7.15. The van der Waals surface area contributed by atoms with E-state index in [-0.39, 0.29) is 18.6 Å². The van der Waals surface area contributed by atoms with Crippen molar-refractivity contribution in [1.29, 1.82) is 0 Å². The SMILES string of the molecule is Cc1csc(-c2nc(CC(=O)c3cnc(N4CCN(CCC(=O)O)CC4)cn3)sc2CN2[C@H](C)CC[C@H]2C)c1. The molecule has 39 heavy (non-hydrogen) atoms. The first-order valence-electron chi connectivity index (χ1n) is 13.6. The molecule has 0 aliphatic carbocycles. The van der Waals surface area contributed by atoms with Crippen molar-refractivity contribution in [1.82, 2.24) is 24.8 Å². The summed E-state index contributed by atoms with van der Waals surface area (Å²) in [5.41, 5.74) is 2.59. The Labute approximate surface area is 237 Å². The van der Waals surface area contributed by atoms with Gasteiger partial charge in [-0.05, 0) is 50.6 Å². The van der Waals surface area contributed by atoms with Crippen molar-refractivity contribution < 1.29 is 14.7 Å². The fourth-order valence-corrected chi connectivity index (χ4v) is 7.44. The molecule has 208 valence electrons. The number of likely N-dealkylation sites (tertiary alicyclic amines) is 1. The Morgan fingerprint density at radius 3 is 2.44 bits per heavy atom. The van der Waals surface area contributed by atoms with Crippen LogP contribution >= 0.6 is 22.7 Å². The van der Waals surface area contributed by atoms with Crippen LogP contribution in [0.2, 0.25) is 0 Å². The van der Waals surface area contributed by atoms with Crippen molar-refractivity contribution in [2.45, 2.75) is 65.1 Å². The third-order valence-electron chi connectivity index (χ3n) is 7.74. The molecule has 1 N–H and O–H groups in total. The number of rotatable bonds is 10. The van der Waals surface area contributed by atoms with E-state index in [0.29, 0.717) is 24.3 Å². The fraction of sp³-hybridized carbons (Fsp3) is 0.536. The molecular formula is C28H36N6O3S2. The molecule has 3 aromatic rings. The Kier molecular flexibility index (Phi) is 8.70. The Bertz CT molecular complexity index is 1290. The monoisotopic (exact) mass is 568 g/mol.